The summed E-state index contributed by atoms with van der Waals surface area (Å²) in [7, 11) is 4.67. The maximum atomic E-state index is 10.4. The highest BCUT2D eigenvalue weighted by atomic mass is 28.4. The molecule has 0 aliphatic carbocycles. The molecule has 1 aliphatic heterocycles. The van der Waals surface area contributed by atoms with E-state index in [1.165, 1.54) is 0 Å². The van der Waals surface area contributed by atoms with E-state index in [-0.39, 0.29) is 0 Å². The molecule has 0 aromatic heterocycles. The minimum atomic E-state index is -2.48. The number of ether oxygens (including phenoxy) is 2. The molecule has 11 nitrogen and oxygen atoms in total. The summed E-state index contributed by atoms with van der Waals surface area (Å²) in [5, 5.41) is 2.48. The molecule has 2 amide bonds. The number of hydrogen-bond acceptors (Lipinski definition) is 9. The first-order valence-electron chi connectivity index (χ1n) is 9.40. The van der Waals surface area contributed by atoms with Crippen molar-refractivity contribution in [2.45, 2.75) is 31.0 Å². The molecule has 1 saturated heterocycles. The van der Waals surface area contributed by atoms with E-state index in [4.69, 9.17) is 41.8 Å². The number of nitrogens with one attached hydrogen (secondary N) is 1. The molecule has 13 heteroatoms. The summed E-state index contributed by atoms with van der Waals surface area (Å²) in [6.45, 7) is 2.74. The van der Waals surface area contributed by atoms with Gasteiger partial charge >= 0.3 is 23.6 Å². The largest absolute Gasteiger partial charge is 0.500 e. The number of amides is 2. The summed E-state index contributed by atoms with van der Waals surface area (Å²) in [5.74, 6) is 0. The number of carbonyl (C=O) groups excluding carboxylic acids is 1. The van der Waals surface area contributed by atoms with E-state index in [1.54, 1.807) is 42.7 Å². The molecular weight excluding hydrogens is 420 g/mol. The van der Waals surface area contributed by atoms with Crippen molar-refractivity contribution in [2.75, 3.05) is 69.0 Å². The van der Waals surface area contributed by atoms with Gasteiger partial charge in [-0.05, 0) is 12.8 Å². The normalized spacial score (nSPS) is 16.1. The Hall–Kier alpha value is -0.616. The summed E-state index contributed by atoms with van der Waals surface area (Å²) in [5.41, 5.74) is 4.91. The Bertz CT molecular complexity index is 407. The van der Waals surface area contributed by atoms with Crippen molar-refractivity contribution in [1.82, 2.24) is 5.32 Å². The van der Waals surface area contributed by atoms with E-state index in [0.29, 0.717) is 38.3 Å². The number of urea groups is 1. The van der Waals surface area contributed by atoms with Crippen molar-refractivity contribution in [3.05, 3.63) is 0 Å². The van der Waals surface area contributed by atoms with Gasteiger partial charge in [0.05, 0.1) is 13.2 Å². The Morgan fingerprint density at radius 3 is 1.76 bits per heavy atom. The predicted octanol–water partition coefficient (Wildman–Crippen LogP) is 0.593. The first kappa shape index (κ1) is 28.4. The lowest BCUT2D eigenvalue weighted by atomic mass is 10.5. The van der Waals surface area contributed by atoms with Gasteiger partial charge in [-0.15, -0.1) is 0 Å². The van der Waals surface area contributed by atoms with Crippen LogP contribution in [-0.4, -0.2) is 98.8 Å². The van der Waals surface area contributed by atoms with Crippen LogP contribution >= 0.6 is 0 Å². The fourth-order valence-electron chi connectivity index (χ4n) is 2.40. The van der Waals surface area contributed by atoms with Crippen LogP contribution in [-0.2, 0) is 36.0 Å². The van der Waals surface area contributed by atoms with E-state index in [0.717, 1.165) is 19.1 Å². The van der Waals surface area contributed by atoms with E-state index in [1.807, 2.05) is 0 Å². The molecule has 1 rings (SSSR count). The minimum absolute atomic E-state index is 0.333. The standard InChI is InChI=1S/C9H20O5Si.C7H18N2O4Si/c1-10-15(11-2,12-3)6-4-5-13-7-9-8-14-9;1-11-14(12-2,13-3)6-4-5-9-7(8)10/h9H,4-8H2,1-3H3;4-6H2,1-3H3,(H3,8,9,10). The van der Waals surface area contributed by atoms with Gasteiger partial charge in [-0.1, -0.05) is 0 Å². The first-order valence-corrected chi connectivity index (χ1v) is 13.3. The van der Waals surface area contributed by atoms with Gasteiger partial charge in [0.1, 0.15) is 6.10 Å². The van der Waals surface area contributed by atoms with Crippen molar-refractivity contribution < 1.29 is 40.8 Å². The number of primary amides is 1. The number of nitrogens with two attached hydrogens (primary N) is 1. The molecule has 3 N–H and O–H groups in total. The van der Waals surface area contributed by atoms with E-state index >= 15 is 0 Å². The molecule has 0 saturated carbocycles. The monoisotopic (exact) mass is 458 g/mol. The average molecular weight is 459 g/mol. The van der Waals surface area contributed by atoms with Gasteiger partial charge in [0.15, 0.2) is 0 Å². The van der Waals surface area contributed by atoms with Gasteiger partial charge in [0, 0.05) is 67.9 Å². The van der Waals surface area contributed by atoms with Gasteiger partial charge in [0.25, 0.3) is 0 Å². The molecular formula is C16H38N2O9Si2. The fraction of sp³-hybridized carbons (Fsp3) is 0.938. The topological polar surface area (TPSA) is 132 Å². The van der Waals surface area contributed by atoms with E-state index in [2.05, 4.69) is 5.32 Å². The average Bonchev–Trinajstić information content (AvgIpc) is 3.57. The van der Waals surface area contributed by atoms with Crippen molar-refractivity contribution in [3.8, 4) is 0 Å². The second kappa shape index (κ2) is 16.1. The maximum Gasteiger partial charge on any atom is 0.500 e. The summed E-state index contributed by atoms with van der Waals surface area (Å²) in [6.07, 6.45) is 1.93. The number of rotatable bonds is 16. The van der Waals surface area contributed by atoms with E-state index in [9.17, 15) is 4.79 Å². The maximum absolute atomic E-state index is 10.4. The van der Waals surface area contributed by atoms with Crippen molar-refractivity contribution in [3.63, 3.8) is 0 Å². The third-order valence-electron chi connectivity index (χ3n) is 4.30. The van der Waals surface area contributed by atoms with Gasteiger partial charge in [-0.3, -0.25) is 0 Å². The first-order chi connectivity index (χ1) is 13.9. The summed E-state index contributed by atoms with van der Waals surface area (Å²) in [6, 6.07) is 0.906. The van der Waals surface area contributed by atoms with Gasteiger partial charge in [0.2, 0.25) is 0 Å². The third kappa shape index (κ3) is 12.6. The van der Waals surface area contributed by atoms with Crippen LogP contribution in [0.25, 0.3) is 0 Å². The van der Waals surface area contributed by atoms with Crippen molar-refractivity contribution in [1.29, 1.82) is 0 Å². The lowest BCUT2D eigenvalue weighted by Gasteiger charge is -2.24. The van der Waals surface area contributed by atoms with Gasteiger partial charge in [-0.2, -0.15) is 0 Å². The molecule has 29 heavy (non-hydrogen) atoms. The van der Waals surface area contributed by atoms with Crippen molar-refractivity contribution >= 4 is 23.6 Å². The van der Waals surface area contributed by atoms with Crippen LogP contribution in [0.4, 0.5) is 4.79 Å². The molecule has 1 fully saturated rings. The zero-order chi connectivity index (χ0) is 22.2. The van der Waals surface area contributed by atoms with Crippen LogP contribution in [0.3, 0.4) is 0 Å². The summed E-state index contributed by atoms with van der Waals surface area (Å²) < 4.78 is 41.9. The quantitative estimate of drug-likeness (QED) is 0.194. The zero-order valence-electron chi connectivity index (χ0n) is 18.5. The summed E-state index contributed by atoms with van der Waals surface area (Å²) in [4.78, 5) is 10.4. The highest BCUT2D eigenvalue weighted by molar-refractivity contribution is 6.60. The molecule has 174 valence electrons. The Kier molecular flexibility index (Phi) is 15.8. The second-order valence-corrected chi connectivity index (χ2v) is 12.3. The molecule has 1 unspecified atom stereocenters. The fourth-order valence-corrected chi connectivity index (χ4v) is 5.81. The molecule has 0 aromatic carbocycles. The van der Waals surface area contributed by atoms with E-state index < -0.39 is 23.6 Å². The smallest absolute Gasteiger partial charge is 0.379 e. The molecule has 0 spiro atoms. The Morgan fingerprint density at radius 2 is 1.38 bits per heavy atom. The SMILES string of the molecule is CO[Si](CCCNC(N)=O)(OC)OC.CO[Si](CCCOCC1CO1)(OC)OC. The second-order valence-electron chi connectivity index (χ2n) is 6.12. The molecule has 1 aliphatic rings. The predicted molar refractivity (Wildman–Crippen MR) is 111 cm³/mol. The molecule has 1 heterocycles. The minimum Gasteiger partial charge on any atom is -0.379 e. The lowest BCUT2D eigenvalue weighted by Crippen LogP contribution is -2.43. The van der Waals surface area contributed by atoms with Crippen LogP contribution in [0.1, 0.15) is 12.8 Å². The lowest BCUT2D eigenvalue weighted by molar-refractivity contribution is 0.100. The highest BCUT2D eigenvalue weighted by Gasteiger charge is 2.37. The third-order valence-corrected chi connectivity index (χ3v) is 9.97. The Labute approximate surface area is 176 Å². The van der Waals surface area contributed by atoms with Crippen LogP contribution < -0.4 is 11.1 Å². The molecule has 0 bridgehead atoms. The van der Waals surface area contributed by atoms with Crippen LogP contribution in [0, 0.1) is 0 Å². The Morgan fingerprint density at radius 1 is 0.931 bits per heavy atom. The number of hydrogen-bond donors (Lipinski definition) is 2. The zero-order valence-corrected chi connectivity index (χ0v) is 20.5. The highest BCUT2D eigenvalue weighted by Crippen LogP contribution is 2.16. The van der Waals surface area contributed by atoms with Crippen molar-refractivity contribution in [2.24, 2.45) is 5.73 Å². The van der Waals surface area contributed by atoms with Gasteiger partial charge in [-0.25, -0.2) is 4.79 Å². The molecule has 0 radical (unpaired) electrons. The van der Waals surface area contributed by atoms with Crippen LogP contribution in [0.15, 0.2) is 0 Å². The summed E-state index contributed by atoms with van der Waals surface area (Å²) >= 11 is 0. The molecule has 1 atom stereocenters. The van der Waals surface area contributed by atoms with Gasteiger partial charge < -0.3 is 47.1 Å². The Balaban J connectivity index is 0.000000543. The van der Waals surface area contributed by atoms with Crippen LogP contribution in [0.2, 0.25) is 12.1 Å². The number of epoxide rings is 1. The molecule has 0 aromatic rings. The number of carbonyl (C=O) groups is 1. The van der Waals surface area contributed by atoms with Crippen LogP contribution in [0.5, 0.6) is 0 Å².